The van der Waals surface area contributed by atoms with Crippen molar-refractivity contribution in [2.45, 2.75) is 33.7 Å². The fourth-order valence-electron chi connectivity index (χ4n) is 3.32. The molecule has 0 spiro atoms. The van der Waals surface area contributed by atoms with Crippen LogP contribution in [0, 0.1) is 10.8 Å². The molecule has 11 nitrogen and oxygen atoms in total. The van der Waals surface area contributed by atoms with Crippen molar-refractivity contribution in [3.05, 3.63) is 71.2 Å². The number of carbonyl (C=O) groups is 3. The second-order valence-corrected chi connectivity index (χ2v) is 9.65. The van der Waals surface area contributed by atoms with Gasteiger partial charge in [0.05, 0.1) is 7.11 Å². The second-order valence-electron chi connectivity index (χ2n) is 9.65. The Bertz CT molecular complexity index is 1400. The number of pyridine rings is 2. The van der Waals surface area contributed by atoms with Gasteiger partial charge in [0.2, 0.25) is 5.88 Å². The number of aromatic nitrogens is 2. The maximum absolute atomic E-state index is 13.2. The van der Waals surface area contributed by atoms with Crippen LogP contribution in [0.2, 0.25) is 0 Å². The zero-order valence-corrected chi connectivity index (χ0v) is 21.7. The molecule has 0 radical (unpaired) electrons. The van der Waals surface area contributed by atoms with Crippen molar-refractivity contribution < 1.29 is 24.2 Å². The van der Waals surface area contributed by atoms with Gasteiger partial charge in [0.25, 0.3) is 11.8 Å². The van der Waals surface area contributed by atoms with Gasteiger partial charge in [-0.25, -0.2) is 14.8 Å². The van der Waals surface area contributed by atoms with Crippen LogP contribution in [0.4, 0.5) is 5.69 Å². The van der Waals surface area contributed by atoms with Gasteiger partial charge in [-0.3, -0.25) is 15.0 Å². The topological polar surface area (TPSA) is 180 Å². The molecule has 6 N–H and O–H groups in total. The number of benzene rings is 1. The van der Waals surface area contributed by atoms with Crippen LogP contribution in [-0.4, -0.2) is 51.8 Å². The van der Waals surface area contributed by atoms with Crippen molar-refractivity contribution in [1.82, 2.24) is 15.3 Å². The van der Waals surface area contributed by atoms with Crippen LogP contribution in [0.15, 0.2) is 48.5 Å². The van der Waals surface area contributed by atoms with E-state index in [4.69, 9.17) is 15.9 Å². The van der Waals surface area contributed by atoms with E-state index in [1.54, 1.807) is 24.3 Å². The van der Waals surface area contributed by atoms with Crippen molar-refractivity contribution in [3.63, 3.8) is 0 Å². The number of nitrogens with zero attached hydrogens (tertiary/aromatic N) is 2. The highest BCUT2D eigenvalue weighted by atomic mass is 16.5. The molecule has 2 heterocycles. The molecular weight excluding hydrogens is 488 g/mol. The van der Waals surface area contributed by atoms with Gasteiger partial charge in [-0.15, -0.1) is 0 Å². The maximum atomic E-state index is 13.2. The van der Waals surface area contributed by atoms with Crippen molar-refractivity contribution in [3.8, 4) is 17.0 Å². The van der Waals surface area contributed by atoms with Gasteiger partial charge in [-0.1, -0.05) is 20.8 Å². The Labute approximate surface area is 220 Å². The Morgan fingerprint density at radius 1 is 0.947 bits per heavy atom. The fourth-order valence-corrected chi connectivity index (χ4v) is 3.32. The van der Waals surface area contributed by atoms with Gasteiger partial charge in [-0.2, -0.15) is 0 Å². The standard InChI is InChI=1S/C27H30N6O5/c1-14(27(2,3)4)30-24(34)19-12-10-18(22(32-19)26(36)37)17-11-13-20(38-5)33-21(17)25(35)31-16-8-6-15(7-9-16)23(28)29/h6-14H,1-5H3,(H3,28,29)(H,30,34)(H,31,35)(H,36,37). The summed E-state index contributed by atoms with van der Waals surface area (Å²) in [6.45, 7) is 7.76. The minimum atomic E-state index is -1.37. The largest absolute Gasteiger partial charge is 0.481 e. The number of ether oxygens (including phenoxy) is 1. The van der Waals surface area contributed by atoms with E-state index in [1.165, 1.54) is 31.4 Å². The Kier molecular flexibility index (Phi) is 8.10. The molecule has 1 unspecified atom stereocenters. The summed E-state index contributed by atoms with van der Waals surface area (Å²) >= 11 is 0. The molecule has 11 heteroatoms. The molecule has 3 aromatic rings. The van der Waals surface area contributed by atoms with E-state index in [-0.39, 0.29) is 45.7 Å². The predicted molar refractivity (Wildman–Crippen MR) is 143 cm³/mol. The molecule has 2 amide bonds. The van der Waals surface area contributed by atoms with Crippen LogP contribution in [0.25, 0.3) is 11.1 Å². The average Bonchev–Trinajstić information content (AvgIpc) is 2.87. The molecule has 0 aliphatic rings. The number of methoxy groups -OCH3 is 1. The Hall–Kier alpha value is -4.80. The fraction of sp³-hybridized carbons (Fsp3) is 0.259. The summed E-state index contributed by atoms with van der Waals surface area (Å²) in [7, 11) is 1.39. The van der Waals surface area contributed by atoms with Gasteiger partial charge in [0, 0.05) is 34.5 Å². The van der Waals surface area contributed by atoms with Crippen LogP contribution >= 0.6 is 0 Å². The third kappa shape index (κ3) is 6.30. The van der Waals surface area contributed by atoms with Crippen molar-refractivity contribution in [1.29, 1.82) is 5.41 Å². The molecule has 0 bridgehead atoms. The first-order valence-electron chi connectivity index (χ1n) is 11.7. The number of amidine groups is 1. The number of anilines is 1. The van der Waals surface area contributed by atoms with E-state index < -0.39 is 23.5 Å². The molecule has 2 aromatic heterocycles. The molecule has 0 saturated heterocycles. The minimum absolute atomic E-state index is 0.0692. The summed E-state index contributed by atoms with van der Waals surface area (Å²) in [5.74, 6) is -2.49. The van der Waals surface area contributed by atoms with Gasteiger partial charge >= 0.3 is 5.97 Å². The third-order valence-electron chi connectivity index (χ3n) is 6.01. The Morgan fingerprint density at radius 2 is 1.55 bits per heavy atom. The molecular formula is C27H30N6O5. The first kappa shape index (κ1) is 27.8. The normalized spacial score (nSPS) is 11.8. The lowest BCUT2D eigenvalue weighted by Crippen LogP contribution is -2.41. The number of aromatic carboxylic acids is 1. The lowest BCUT2D eigenvalue weighted by Gasteiger charge is -2.27. The second kappa shape index (κ2) is 11.1. The summed E-state index contributed by atoms with van der Waals surface area (Å²) in [5, 5.41) is 22.9. The van der Waals surface area contributed by atoms with Gasteiger partial charge in [0.15, 0.2) is 5.69 Å². The van der Waals surface area contributed by atoms with Crippen molar-refractivity contribution in [2.75, 3.05) is 12.4 Å². The highest BCUT2D eigenvalue weighted by molar-refractivity contribution is 6.09. The first-order chi connectivity index (χ1) is 17.8. The number of carboxylic acid groups (broad SMARTS) is 1. The summed E-state index contributed by atoms with van der Waals surface area (Å²) in [6.07, 6.45) is 0. The van der Waals surface area contributed by atoms with E-state index >= 15 is 0 Å². The quantitative estimate of drug-likeness (QED) is 0.222. The molecule has 38 heavy (non-hydrogen) atoms. The summed E-state index contributed by atoms with van der Waals surface area (Å²) in [5.41, 5.74) is 5.86. The highest BCUT2D eigenvalue weighted by Gasteiger charge is 2.26. The summed E-state index contributed by atoms with van der Waals surface area (Å²) in [6, 6.07) is 11.9. The molecule has 0 saturated carbocycles. The number of carbonyl (C=O) groups excluding carboxylic acids is 2. The lowest BCUT2D eigenvalue weighted by atomic mass is 9.88. The lowest BCUT2D eigenvalue weighted by molar-refractivity contribution is 0.0691. The number of nitrogens with one attached hydrogen (secondary N) is 3. The van der Waals surface area contributed by atoms with E-state index in [0.29, 0.717) is 11.3 Å². The van der Waals surface area contributed by atoms with Gasteiger partial charge < -0.3 is 26.2 Å². The highest BCUT2D eigenvalue weighted by Crippen LogP contribution is 2.29. The average molecular weight is 519 g/mol. The van der Waals surface area contributed by atoms with Crippen molar-refractivity contribution >= 4 is 29.3 Å². The molecule has 1 atom stereocenters. The molecule has 198 valence electrons. The third-order valence-corrected chi connectivity index (χ3v) is 6.01. The number of rotatable bonds is 8. The molecule has 1 aromatic carbocycles. The van der Waals surface area contributed by atoms with E-state index in [9.17, 15) is 19.5 Å². The molecule has 0 fully saturated rings. The zero-order chi connectivity index (χ0) is 28.2. The van der Waals surface area contributed by atoms with Crippen molar-refractivity contribution in [2.24, 2.45) is 11.1 Å². The van der Waals surface area contributed by atoms with Crippen LogP contribution < -0.4 is 21.1 Å². The maximum Gasteiger partial charge on any atom is 0.355 e. The van der Waals surface area contributed by atoms with E-state index in [2.05, 4.69) is 20.6 Å². The predicted octanol–water partition coefficient (Wildman–Crippen LogP) is 3.55. The number of hydrogen-bond donors (Lipinski definition) is 5. The number of carboxylic acids is 1. The Balaban J connectivity index is 2.02. The minimum Gasteiger partial charge on any atom is -0.481 e. The van der Waals surface area contributed by atoms with E-state index in [1.807, 2.05) is 27.7 Å². The van der Waals surface area contributed by atoms with Gasteiger partial charge in [0.1, 0.15) is 17.2 Å². The number of amides is 2. The summed E-state index contributed by atoms with van der Waals surface area (Å²) < 4.78 is 5.17. The molecule has 0 aliphatic carbocycles. The Morgan fingerprint density at radius 3 is 2.11 bits per heavy atom. The summed E-state index contributed by atoms with van der Waals surface area (Å²) in [4.78, 5) is 46.5. The molecule has 3 rings (SSSR count). The first-order valence-corrected chi connectivity index (χ1v) is 11.7. The monoisotopic (exact) mass is 518 g/mol. The SMILES string of the molecule is COc1ccc(-c2ccc(C(=O)NC(C)C(C)(C)C)nc2C(=O)O)c(C(=O)Nc2ccc(C(=N)N)cc2)n1. The van der Waals surface area contributed by atoms with Crippen LogP contribution in [0.5, 0.6) is 5.88 Å². The van der Waals surface area contributed by atoms with Crippen LogP contribution in [-0.2, 0) is 0 Å². The van der Waals surface area contributed by atoms with Crippen LogP contribution in [0.3, 0.4) is 0 Å². The van der Waals surface area contributed by atoms with Crippen LogP contribution in [0.1, 0.15) is 64.7 Å². The zero-order valence-electron chi connectivity index (χ0n) is 21.7. The van der Waals surface area contributed by atoms with Gasteiger partial charge in [-0.05, 0) is 54.8 Å². The number of nitrogen functional groups attached to an aromatic ring is 1. The number of hydrogen-bond acceptors (Lipinski definition) is 7. The molecule has 0 aliphatic heterocycles. The van der Waals surface area contributed by atoms with E-state index in [0.717, 1.165) is 0 Å². The smallest absolute Gasteiger partial charge is 0.355 e. The number of nitrogens with two attached hydrogens (primary N) is 1.